The number of anilines is 3. The molecule has 1 amide bonds. The van der Waals surface area contributed by atoms with Crippen LogP contribution < -0.4 is 20.0 Å². The molecular formula is C24H33N4O2+. The molecule has 4 rings (SSSR count). The maximum absolute atomic E-state index is 12.5. The highest BCUT2D eigenvalue weighted by molar-refractivity contribution is 5.91. The molecule has 30 heavy (non-hydrogen) atoms. The van der Waals surface area contributed by atoms with Gasteiger partial charge in [-0.1, -0.05) is 19.1 Å². The molecule has 2 aliphatic heterocycles. The van der Waals surface area contributed by atoms with Gasteiger partial charge < -0.3 is 25.1 Å². The number of hydrogen-bond acceptors (Lipinski definition) is 4. The summed E-state index contributed by atoms with van der Waals surface area (Å²) < 4.78 is 0. The summed E-state index contributed by atoms with van der Waals surface area (Å²) in [5, 5.41) is 13.1. The van der Waals surface area contributed by atoms with Crippen LogP contribution in [0.15, 0.2) is 48.5 Å². The Morgan fingerprint density at radius 2 is 1.67 bits per heavy atom. The summed E-state index contributed by atoms with van der Waals surface area (Å²) in [6.45, 7) is 8.46. The fraction of sp³-hybridized carbons (Fsp3) is 0.458. The highest BCUT2D eigenvalue weighted by atomic mass is 16.3. The zero-order valence-electron chi connectivity index (χ0n) is 17.8. The van der Waals surface area contributed by atoms with Crippen LogP contribution in [0.5, 0.6) is 5.75 Å². The molecule has 0 aromatic heterocycles. The van der Waals surface area contributed by atoms with Crippen molar-refractivity contribution in [3.63, 3.8) is 0 Å². The topological polar surface area (TPSA) is 60.2 Å². The molecule has 0 unspecified atom stereocenters. The Balaban J connectivity index is 1.24. The minimum atomic E-state index is 0.0561. The molecule has 0 saturated carbocycles. The van der Waals surface area contributed by atoms with Crippen molar-refractivity contribution in [3.05, 3.63) is 48.5 Å². The summed E-state index contributed by atoms with van der Waals surface area (Å²) in [6.07, 6.45) is 2.50. The van der Waals surface area contributed by atoms with Crippen LogP contribution in [0.25, 0.3) is 0 Å². The fourth-order valence-corrected chi connectivity index (χ4v) is 4.43. The third-order valence-electron chi connectivity index (χ3n) is 6.40. The van der Waals surface area contributed by atoms with Gasteiger partial charge >= 0.3 is 0 Å². The molecule has 6 heteroatoms. The van der Waals surface area contributed by atoms with Crippen LogP contribution in [0, 0.1) is 5.92 Å². The molecule has 0 bridgehead atoms. The van der Waals surface area contributed by atoms with Gasteiger partial charge in [0.25, 0.3) is 5.91 Å². The molecule has 2 aromatic rings. The van der Waals surface area contributed by atoms with Crippen LogP contribution in [-0.2, 0) is 4.79 Å². The van der Waals surface area contributed by atoms with E-state index in [2.05, 4.69) is 34.2 Å². The van der Waals surface area contributed by atoms with E-state index in [-0.39, 0.29) is 5.91 Å². The van der Waals surface area contributed by atoms with Gasteiger partial charge in [0.1, 0.15) is 5.75 Å². The Bertz CT molecular complexity index is 839. The summed E-state index contributed by atoms with van der Waals surface area (Å²) in [5.74, 6) is 1.20. The molecular weight excluding hydrogens is 376 g/mol. The first-order valence-corrected chi connectivity index (χ1v) is 11.1. The van der Waals surface area contributed by atoms with E-state index >= 15 is 0 Å². The first-order valence-electron chi connectivity index (χ1n) is 11.1. The van der Waals surface area contributed by atoms with Crippen LogP contribution in [0.1, 0.15) is 19.8 Å². The van der Waals surface area contributed by atoms with Crippen LogP contribution in [0.3, 0.4) is 0 Å². The first kappa shape index (κ1) is 20.5. The monoisotopic (exact) mass is 409 g/mol. The number of nitrogens with one attached hydrogen (secondary N) is 2. The summed E-state index contributed by atoms with van der Waals surface area (Å²) in [7, 11) is 0. The third-order valence-corrected chi connectivity index (χ3v) is 6.40. The Morgan fingerprint density at radius 3 is 2.33 bits per heavy atom. The predicted molar refractivity (Wildman–Crippen MR) is 122 cm³/mol. The van der Waals surface area contributed by atoms with E-state index in [1.807, 2.05) is 30.3 Å². The number of benzene rings is 2. The Hall–Kier alpha value is -2.73. The van der Waals surface area contributed by atoms with Crippen LogP contribution in [0.4, 0.5) is 17.1 Å². The Morgan fingerprint density at radius 1 is 1.00 bits per heavy atom. The number of para-hydroxylation sites is 2. The lowest BCUT2D eigenvalue weighted by Crippen LogP contribution is -3.15. The molecule has 3 N–H and O–H groups in total. The second kappa shape index (κ2) is 9.39. The maximum Gasteiger partial charge on any atom is 0.279 e. The third kappa shape index (κ3) is 5.05. The average molecular weight is 410 g/mol. The number of piperazine rings is 1. The maximum atomic E-state index is 12.5. The summed E-state index contributed by atoms with van der Waals surface area (Å²) >= 11 is 0. The lowest BCUT2D eigenvalue weighted by Gasteiger charge is -2.33. The van der Waals surface area contributed by atoms with Crippen LogP contribution in [0.2, 0.25) is 0 Å². The molecule has 0 aliphatic carbocycles. The average Bonchev–Trinajstić information content (AvgIpc) is 2.76. The predicted octanol–water partition coefficient (Wildman–Crippen LogP) is 1.97. The van der Waals surface area contributed by atoms with Gasteiger partial charge in [0.15, 0.2) is 6.54 Å². The van der Waals surface area contributed by atoms with Gasteiger partial charge in [-0.2, -0.15) is 0 Å². The number of quaternary nitrogens is 1. The molecule has 2 aliphatic rings. The molecule has 6 nitrogen and oxygen atoms in total. The van der Waals surface area contributed by atoms with Crippen molar-refractivity contribution in [1.82, 2.24) is 0 Å². The highest BCUT2D eigenvalue weighted by Gasteiger charge is 2.23. The number of phenols is 1. The lowest BCUT2D eigenvalue weighted by atomic mass is 9.99. The van der Waals surface area contributed by atoms with E-state index in [4.69, 9.17) is 0 Å². The van der Waals surface area contributed by atoms with Gasteiger partial charge in [-0.05, 0) is 55.2 Å². The zero-order chi connectivity index (χ0) is 20.9. The van der Waals surface area contributed by atoms with E-state index in [1.54, 1.807) is 6.07 Å². The number of carbonyl (C=O) groups is 1. The number of rotatable bonds is 5. The largest absolute Gasteiger partial charge is 0.506 e. The van der Waals surface area contributed by atoms with Crippen molar-refractivity contribution in [1.29, 1.82) is 0 Å². The number of amides is 1. The zero-order valence-corrected chi connectivity index (χ0v) is 17.8. The summed E-state index contributed by atoms with van der Waals surface area (Å²) in [6, 6.07) is 15.7. The second-order valence-corrected chi connectivity index (χ2v) is 8.67. The molecule has 2 aromatic carbocycles. The number of phenolic OH excluding ortho intramolecular Hbond substituents is 1. The summed E-state index contributed by atoms with van der Waals surface area (Å²) in [4.78, 5) is 18.4. The molecule has 0 atom stereocenters. The molecule has 2 saturated heterocycles. The molecule has 0 radical (unpaired) electrons. The van der Waals surface area contributed by atoms with Crippen molar-refractivity contribution < 1.29 is 14.8 Å². The number of hydrogen-bond donors (Lipinski definition) is 3. The summed E-state index contributed by atoms with van der Waals surface area (Å²) in [5.41, 5.74) is 2.98. The number of aromatic hydroxyl groups is 1. The van der Waals surface area contributed by atoms with Gasteiger partial charge in [0, 0.05) is 24.5 Å². The second-order valence-electron chi connectivity index (χ2n) is 8.67. The fourth-order valence-electron chi connectivity index (χ4n) is 4.43. The van der Waals surface area contributed by atoms with E-state index in [0.717, 1.165) is 56.6 Å². The quantitative estimate of drug-likeness (QED) is 0.707. The lowest BCUT2D eigenvalue weighted by molar-refractivity contribution is -0.892. The Kier molecular flexibility index (Phi) is 6.43. The smallest absolute Gasteiger partial charge is 0.279 e. The molecule has 2 heterocycles. The molecule has 160 valence electrons. The van der Waals surface area contributed by atoms with Crippen LogP contribution in [-0.4, -0.2) is 56.8 Å². The van der Waals surface area contributed by atoms with Crippen molar-refractivity contribution in [2.24, 2.45) is 5.92 Å². The van der Waals surface area contributed by atoms with Crippen molar-refractivity contribution in [2.45, 2.75) is 19.8 Å². The van der Waals surface area contributed by atoms with Gasteiger partial charge in [-0.25, -0.2) is 0 Å². The van der Waals surface area contributed by atoms with Crippen molar-refractivity contribution >= 4 is 23.0 Å². The minimum Gasteiger partial charge on any atom is -0.506 e. The minimum absolute atomic E-state index is 0.0561. The van der Waals surface area contributed by atoms with Gasteiger partial charge in [-0.3, -0.25) is 4.79 Å². The van der Waals surface area contributed by atoms with Crippen LogP contribution >= 0.6 is 0 Å². The van der Waals surface area contributed by atoms with Gasteiger partial charge in [-0.15, -0.1) is 0 Å². The standard InChI is InChI=1S/C24H32N4O2/c1-19-10-12-27(13-11-19)21-8-6-20(7-9-21)25-24(30)18-26-14-16-28(17-15-26)22-4-2-3-5-23(22)29/h2-9,19,29H,10-18H2,1H3,(H,25,30)/p+1. The number of piperidine rings is 1. The van der Waals surface area contributed by atoms with E-state index in [0.29, 0.717) is 12.3 Å². The first-order chi connectivity index (χ1) is 14.6. The highest BCUT2D eigenvalue weighted by Crippen LogP contribution is 2.26. The number of carbonyl (C=O) groups excluding carboxylic acids is 1. The van der Waals surface area contributed by atoms with Crippen molar-refractivity contribution in [3.8, 4) is 5.75 Å². The van der Waals surface area contributed by atoms with Gasteiger partial charge in [0.05, 0.1) is 31.9 Å². The SMILES string of the molecule is CC1CCN(c2ccc(NC(=O)C[NH+]3CCN(c4ccccc4O)CC3)cc2)CC1. The van der Waals surface area contributed by atoms with Crippen molar-refractivity contribution in [2.75, 3.05) is 60.9 Å². The van der Waals surface area contributed by atoms with Gasteiger partial charge in [0.2, 0.25) is 0 Å². The molecule has 0 spiro atoms. The number of nitrogens with zero attached hydrogens (tertiary/aromatic N) is 2. The Labute approximate surface area is 179 Å². The van der Waals surface area contributed by atoms with E-state index in [9.17, 15) is 9.90 Å². The van der Waals surface area contributed by atoms with E-state index < -0.39 is 0 Å². The molecule has 2 fully saturated rings. The normalized spacial score (nSPS) is 18.4. The van der Waals surface area contributed by atoms with E-state index in [1.165, 1.54) is 23.4 Å².